The lowest BCUT2D eigenvalue weighted by molar-refractivity contribution is 0.472. The molecule has 3 rings (SSSR count). The third kappa shape index (κ3) is 5.06. The fourth-order valence-corrected chi connectivity index (χ4v) is 4.55. The first kappa shape index (κ1) is 19.8. The van der Waals surface area contributed by atoms with E-state index in [1.165, 1.54) is 23.3 Å². The average Bonchev–Trinajstić information content (AvgIpc) is 3.29. The van der Waals surface area contributed by atoms with Crippen LogP contribution in [-0.2, 0) is 13.6 Å². The molecular formula is C21H31N5S. The summed E-state index contributed by atoms with van der Waals surface area (Å²) in [5, 5.41) is 8.21. The first-order chi connectivity index (χ1) is 12.9. The molecule has 0 bridgehead atoms. The molecular weight excluding hydrogens is 354 g/mol. The van der Waals surface area contributed by atoms with Crippen molar-refractivity contribution in [3.8, 4) is 0 Å². The van der Waals surface area contributed by atoms with Crippen LogP contribution in [0.1, 0.15) is 43.9 Å². The fraction of sp³-hybridized carbons (Fsp3) is 0.524. The highest BCUT2D eigenvalue weighted by Crippen LogP contribution is 2.51. The molecule has 0 unspecified atom stereocenters. The zero-order valence-electron chi connectivity index (χ0n) is 17.1. The van der Waals surface area contributed by atoms with Crippen molar-refractivity contribution in [2.45, 2.75) is 48.8 Å². The van der Waals surface area contributed by atoms with Crippen molar-refractivity contribution in [3.63, 3.8) is 0 Å². The smallest absolute Gasteiger partial charge is 0.193 e. The third-order valence-corrected chi connectivity index (χ3v) is 6.41. The third-order valence-electron chi connectivity index (χ3n) is 4.92. The molecule has 1 fully saturated rings. The average molecular weight is 386 g/mol. The van der Waals surface area contributed by atoms with Crippen LogP contribution < -0.4 is 5.32 Å². The van der Waals surface area contributed by atoms with Crippen LogP contribution in [0.25, 0.3) is 0 Å². The number of aromatic nitrogens is 2. The van der Waals surface area contributed by atoms with Crippen LogP contribution in [0.2, 0.25) is 0 Å². The van der Waals surface area contributed by atoms with Crippen LogP contribution in [0.15, 0.2) is 46.4 Å². The normalized spacial score (nSPS) is 15.9. The summed E-state index contributed by atoms with van der Waals surface area (Å²) in [7, 11) is 5.94. The summed E-state index contributed by atoms with van der Waals surface area (Å²) in [5.41, 5.74) is 2.43. The van der Waals surface area contributed by atoms with E-state index in [0.29, 0.717) is 10.7 Å². The van der Waals surface area contributed by atoms with Crippen LogP contribution in [0.4, 0.5) is 0 Å². The number of aliphatic imine (C=N–C) groups is 1. The number of rotatable bonds is 7. The Labute approximate surface area is 167 Å². The molecule has 1 aromatic heterocycles. The van der Waals surface area contributed by atoms with Crippen LogP contribution in [0.5, 0.6) is 0 Å². The molecule has 0 saturated heterocycles. The van der Waals surface area contributed by atoms with E-state index in [2.05, 4.69) is 77.7 Å². The Kier molecular flexibility index (Phi) is 6.15. The lowest BCUT2D eigenvalue weighted by Gasteiger charge is -2.24. The first-order valence-electron chi connectivity index (χ1n) is 9.61. The van der Waals surface area contributed by atoms with Crippen LogP contribution >= 0.6 is 11.8 Å². The number of benzene rings is 1. The molecule has 1 N–H and O–H groups in total. The van der Waals surface area contributed by atoms with Crippen molar-refractivity contribution in [1.29, 1.82) is 0 Å². The van der Waals surface area contributed by atoms with Gasteiger partial charge in [-0.15, -0.1) is 11.8 Å². The Hall–Kier alpha value is -1.95. The molecule has 146 valence electrons. The van der Waals surface area contributed by atoms with Crippen molar-refractivity contribution in [3.05, 3.63) is 47.8 Å². The molecule has 2 aromatic rings. The molecule has 0 spiro atoms. The predicted octanol–water partition coefficient (Wildman–Crippen LogP) is 3.88. The Morgan fingerprint density at radius 3 is 2.63 bits per heavy atom. The minimum Gasteiger partial charge on any atom is -0.355 e. The van der Waals surface area contributed by atoms with Gasteiger partial charge in [-0.1, -0.05) is 32.0 Å². The van der Waals surface area contributed by atoms with E-state index in [4.69, 9.17) is 0 Å². The number of nitrogens with one attached hydrogen (secondary N) is 1. The summed E-state index contributed by atoms with van der Waals surface area (Å²) >= 11 is 1.99. The lowest BCUT2D eigenvalue weighted by atomic mass is 10.1. The predicted molar refractivity (Wildman–Crippen MR) is 114 cm³/mol. The molecule has 0 amide bonds. The van der Waals surface area contributed by atoms with Gasteiger partial charge in [-0.3, -0.25) is 9.67 Å². The maximum Gasteiger partial charge on any atom is 0.193 e. The number of aryl methyl sites for hydroxylation is 1. The van der Waals surface area contributed by atoms with E-state index in [9.17, 15) is 0 Å². The lowest BCUT2D eigenvalue weighted by Crippen LogP contribution is -2.42. The molecule has 5 nitrogen and oxygen atoms in total. The molecule has 27 heavy (non-hydrogen) atoms. The van der Waals surface area contributed by atoms with Gasteiger partial charge >= 0.3 is 0 Å². The summed E-state index contributed by atoms with van der Waals surface area (Å²) in [6.45, 7) is 6.13. The summed E-state index contributed by atoms with van der Waals surface area (Å²) < 4.78 is 2.21. The maximum absolute atomic E-state index is 4.62. The molecule has 1 aliphatic rings. The molecule has 6 heteroatoms. The van der Waals surface area contributed by atoms with Crippen molar-refractivity contribution in [1.82, 2.24) is 20.0 Å². The summed E-state index contributed by atoms with van der Waals surface area (Å²) in [4.78, 5) is 8.03. The molecule has 0 radical (unpaired) electrons. The second kappa shape index (κ2) is 8.38. The highest BCUT2D eigenvalue weighted by atomic mass is 32.2. The molecule has 1 aliphatic carbocycles. The Balaban J connectivity index is 1.59. The first-order valence-corrected chi connectivity index (χ1v) is 10.4. The topological polar surface area (TPSA) is 45.5 Å². The summed E-state index contributed by atoms with van der Waals surface area (Å²) in [6.07, 6.45) is 4.62. The van der Waals surface area contributed by atoms with Gasteiger partial charge < -0.3 is 10.2 Å². The van der Waals surface area contributed by atoms with E-state index in [1.54, 1.807) is 0 Å². The highest BCUT2D eigenvalue weighted by molar-refractivity contribution is 8.01. The molecule has 1 saturated carbocycles. The second-order valence-corrected chi connectivity index (χ2v) is 9.26. The van der Waals surface area contributed by atoms with Crippen LogP contribution in [-0.4, -0.2) is 46.0 Å². The van der Waals surface area contributed by atoms with Gasteiger partial charge in [0.05, 0.1) is 5.69 Å². The zero-order chi connectivity index (χ0) is 19.4. The minimum absolute atomic E-state index is 0.301. The van der Waals surface area contributed by atoms with Crippen LogP contribution in [0, 0.1) is 0 Å². The van der Waals surface area contributed by atoms with E-state index < -0.39 is 0 Å². The van der Waals surface area contributed by atoms with E-state index in [0.717, 1.165) is 24.7 Å². The van der Waals surface area contributed by atoms with E-state index >= 15 is 0 Å². The van der Waals surface area contributed by atoms with Gasteiger partial charge in [0.15, 0.2) is 5.96 Å². The number of thioether (sulfide) groups is 1. The number of nitrogens with zero attached hydrogens (tertiary/aromatic N) is 4. The van der Waals surface area contributed by atoms with Crippen LogP contribution in [0.3, 0.4) is 0 Å². The Bertz CT molecular complexity index is 777. The van der Waals surface area contributed by atoms with E-state index in [-0.39, 0.29) is 0 Å². The maximum atomic E-state index is 4.62. The second-order valence-electron chi connectivity index (χ2n) is 7.72. The van der Waals surface area contributed by atoms with Gasteiger partial charge in [0.1, 0.15) is 0 Å². The SMILES string of the molecule is CN=C(NCC1(Sc2ccccc2)CC1)N(C)Cc1cn(C)nc1C(C)C. The standard InChI is InChI=1S/C21H31N5S/c1-16(2)19-17(14-26(5)24-19)13-25(4)20(22-3)23-15-21(11-12-21)27-18-9-7-6-8-10-18/h6-10,14,16H,11-13,15H2,1-5H3,(H,22,23). The van der Waals surface area contributed by atoms with Gasteiger partial charge in [0, 0.05) is 55.6 Å². The highest BCUT2D eigenvalue weighted by Gasteiger charge is 2.43. The summed E-state index contributed by atoms with van der Waals surface area (Å²) in [5.74, 6) is 1.36. The van der Waals surface area contributed by atoms with Gasteiger partial charge in [-0.05, 0) is 30.9 Å². The van der Waals surface area contributed by atoms with Gasteiger partial charge in [0.25, 0.3) is 0 Å². The Morgan fingerprint density at radius 1 is 1.33 bits per heavy atom. The number of guanidine groups is 1. The number of hydrogen-bond acceptors (Lipinski definition) is 3. The Morgan fingerprint density at radius 2 is 2.04 bits per heavy atom. The number of hydrogen-bond donors (Lipinski definition) is 1. The van der Waals surface area contributed by atoms with Gasteiger partial charge in [-0.25, -0.2) is 0 Å². The minimum atomic E-state index is 0.301. The molecule has 0 atom stereocenters. The largest absolute Gasteiger partial charge is 0.355 e. The quantitative estimate of drug-likeness (QED) is 0.580. The molecule has 0 aliphatic heterocycles. The zero-order valence-corrected chi connectivity index (χ0v) is 17.9. The molecule has 1 aromatic carbocycles. The van der Waals surface area contributed by atoms with Crippen molar-refractivity contribution < 1.29 is 0 Å². The van der Waals surface area contributed by atoms with Crippen molar-refractivity contribution >= 4 is 17.7 Å². The molecule has 1 heterocycles. The van der Waals surface area contributed by atoms with Crippen molar-refractivity contribution in [2.75, 3.05) is 20.6 Å². The van der Waals surface area contributed by atoms with Crippen molar-refractivity contribution in [2.24, 2.45) is 12.0 Å². The monoisotopic (exact) mass is 385 g/mol. The van der Waals surface area contributed by atoms with Gasteiger partial charge in [-0.2, -0.15) is 5.10 Å². The van der Waals surface area contributed by atoms with Gasteiger partial charge in [0.2, 0.25) is 0 Å². The summed E-state index contributed by atoms with van der Waals surface area (Å²) in [6, 6.07) is 10.7. The fourth-order valence-electron chi connectivity index (χ4n) is 3.31. The van der Waals surface area contributed by atoms with E-state index in [1.807, 2.05) is 30.5 Å².